The highest BCUT2D eigenvalue weighted by Gasteiger charge is 2.03. The number of nitrogens with one attached hydrogen (secondary N) is 1. The van der Waals surface area contributed by atoms with Crippen LogP contribution in [0.25, 0.3) is 11.3 Å². The van der Waals surface area contributed by atoms with Crippen molar-refractivity contribution in [2.24, 2.45) is 0 Å². The monoisotopic (exact) mass is 174 g/mol. The lowest BCUT2D eigenvalue weighted by atomic mass is 10.1. The number of benzene rings is 1. The fourth-order valence-electron chi connectivity index (χ4n) is 1.32. The van der Waals surface area contributed by atoms with Gasteiger partial charge in [-0.25, -0.2) is 0 Å². The lowest BCUT2D eigenvalue weighted by Gasteiger charge is -2.02. The van der Waals surface area contributed by atoms with Crippen LogP contribution in [0.2, 0.25) is 0 Å². The molecule has 3 nitrogen and oxygen atoms in total. The molecule has 0 aliphatic carbocycles. The Balaban J connectivity index is 2.51. The fourth-order valence-corrected chi connectivity index (χ4v) is 1.32. The molecule has 0 radical (unpaired) electrons. The number of hydrogen-bond donors (Lipinski definition) is 2. The van der Waals surface area contributed by atoms with Crippen LogP contribution in [0.5, 0.6) is 0 Å². The molecular formula is C10H10N2O. The average molecular weight is 174 g/mol. The molecule has 0 aliphatic rings. The lowest BCUT2D eigenvalue weighted by Crippen LogP contribution is -1.88. The van der Waals surface area contributed by atoms with Crippen LogP contribution in [-0.4, -0.2) is 15.3 Å². The highest BCUT2D eigenvalue weighted by molar-refractivity contribution is 5.62. The largest absolute Gasteiger partial charge is 0.392 e. The van der Waals surface area contributed by atoms with Crippen molar-refractivity contribution in [1.29, 1.82) is 0 Å². The van der Waals surface area contributed by atoms with Gasteiger partial charge in [0.25, 0.3) is 0 Å². The van der Waals surface area contributed by atoms with Gasteiger partial charge in [0.15, 0.2) is 0 Å². The second-order valence-electron chi connectivity index (χ2n) is 2.77. The van der Waals surface area contributed by atoms with Gasteiger partial charge >= 0.3 is 0 Å². The van der Waals surface area contributed by atoms with Crippen LogP contribution in [0, 0.1) is 0 Å². The first-order valence-electron chi connectivity index (χ1n) is 4.11. The molecule has 0 spiro atoms. The molecular weight excluding hydrogens is 164 g/mol. The number of H-pyrrole nitrogens is 1. The Hall–Kier alpha value is -1.61. The van der Waals surface area contributed by atoms with Crippen molar-refractivity contribution in [3.05, 3.63) is 42.1 Å². The summed E-state index contributed by atoms with van der Waals surface area (Å²) >= 11 is 0. The van der Waals surface area contributed by atoms with Crippen molar-refractivity contribution in [3.63, 3.8) is 0 Å². The van der Waals surface area contributed by atoms with Crippen LogP contribution in [0.15, 0.2) is 36.5 Å². The van der Waals surface area contributed by atoms with Crippen molar-refractivity contribution in [3.8, 4) is 11.3 Å². The number of nitrogens with zero attached hydrogens (tertiary/aromatic N) is 1. The van der Waals surface area contributed by atoms with Crippen molar-refractivity contribution in [1.82, 2.24) is 10.2 Å². The molecule has 0 unspecified atom stereocenters. The number of aromatic amines is 1. The number of hydrogen-bond acceptors (Lipinski definition) is 2. The van der Waals surface area contributed by atoms with Crippen LogP contribution in [0.1, 0.15) is 5.56 Å². The second-order valence-corrected chi connectivity index (χ2v) is 2.77. The molecule has 1 aromatic carbocycles. The molecule has 13 heavy (non-hydrogen) atoms. The van der Waals surface area contributed by atoms with Gasteiger partial charge in [-0.3, -0.25) is 5.10 Å². The van der Waals surface area contributed by atoms with E-state index >= 15 is 0 Å². The van der Waals surface area contributed by atoms with Gasteiger partial charge in [-0.15, -0.1) is 0 Å². The van der Waals surface area contributed by atoms with E-state index < -0.39 is 0 Å². The van der Waals surface area contributed by atoms with E-state index in [1.165, 1.54) is 0 Å². The summed E-state index contributed by atoms with van der Waals surface area (Å²) in [6.45, 7) is 0.0447. The first kappa shape index (κ1) is 8.01. The summed E-state index contributed by atoms with van der Waals surface area (Å²) in [6.07, 6.45) is 1.77. The Labute approximate surface area is 76.0 Å². The Bertz CT molecular complexity index is 382. The van der Waals surface area contributed by atoms with Gasteiger partial charge < -0.3 is 5.11 Å². The minimum Gasteiger partial charge on any atom is -0.392 e. The molecule has 0 saturated carbocycles. The van der Waals surface area contributed by atoms with E-state index in [-0.39, 0.29) is 6.61 Å². The Morgan fingerprint density at radius 2 is 2.08 bits per heavy atom. The summed E-state index contributed by atoms with van der Waals surface area (Å²) in [5.74, 6) is 0. The van der Waals surface area contributed by atoms with E-state index in [1.54, 1.807) is 6.20 Å². The van der Waals surface area contributed by atoms with E-state index in [4.69, 9.17) is 5.11 Å². The highest BCUT2D eigenvalue weighted by atomic mass is 16.3. The maximum atomic E-state index is 9.08. The zero-order chi connectivity index (χ0) is 9.10. The summed E-state index contributed by atoms with van der Waals surface area (Å²) in [4.78, 5) is 0. The molecule has 2 rings (SSSR count). The molecule has 2 N–H and O–H groups in total. The summed E-state index contributed by atoms with van der Waals surface area (Å²) in [5.41, 5.74) is 2.74. The van der Waals surface area contributed by atoms with Crippen molar-refractivity contribution in [2.45, 2.75) is 6.61 Å². The van der Waals surface area contributed by atoms with E-state index in [9.17, 15) is 0 Å². The molecule has 0 atom stereocenters. The van der Waals surface area contributed by atoms with Crippen molar-refractivity contribution < 1.29 is 5.11 Å². The molecule has 0 bridgehead atoms. The molecule has 0 amide bonds. The lowest BCUT2D eigenvalue weighted by molar-refractivity contribution is 0.282. The van der Waals surface area contributed by atoms with Gasteiger partial charge in [-0.2, -0.15) is 5.10 Å². The third kappa shape index (κ3) is 1.46. The third-order valence-electron chi connectivity index (χ3n) is 1.96. The summed E-state index contributed by atoms with van der Waals surface area (Å²) in [5, 5.41) is 15.9. The molecule has 66 valence electrons. The normalized spacial score (nSPS) is 10.2. The average Bonchev–Trinajstić information content (AvgIpc) is 2.70. The fraction of sp³-hybridized carbons (Fsp3) is 0.100. The SMILES string of the molecule is OCc1ccccc1-c1cc[nH]n1. The standard InChI is InChI=1S/C10H10N2O/c13-7-8-3-1-2-4-9(8)10-5-6-11-12-10/h1-6,13H,7H2,(H,11,12). The molecule has 0 aliphatic heterocycles. The van der Waals surface area contributed by atoms with Gasteiger partial charge in [0.05, 0.1) is 12.3 Å². The quantitative estimate of drug-likeness (QED) is 0.726. The third-order valence-corrected chi connectivity index (χ3v) is 1.96. The van der Waals surface area contributed by atoms with Crippen molar-refractivity contribution in [2.75, 3.05) is 0 Å². The van der Waals surface area contributed by atoms with Crippen LogP contribution < -0.4 is 0 Å². The van der Waals surface area contributed by atoms with Gasteiger partial charge in [0.2, 0.25) is 0 Å². The van der Waals surface area contributed by atoms with Gasteiger partial charge in [0, 0.05) is 11.8 Å². The van der Waals surface area contributed by atoms with Crippen LogP contribution in [-0.2, 0) is 6.61 Å². The van der Waals surface area contributed by atoms with E-state index in [0.717, 1.165) is 16.8 Å². The topological polar surface area (TPSA) is 48.9 Å². The predicted octanol–water partition coefficient (Wildman–Crippen LogP) is 1.57. The molecule has 0 fully saturated rings. The minimum atomic E-state index is 0.0447. The Morgan fingerprint density at radius 1 is 1.23 bits per heavy atom. The molecule has 0 saturated heterocycles. The Kier molecular flexibility index (Phi) is 2.10. The number of aromatic nitrogens is 2. The number of rotatable bonds is 2. The van der Waals surface area contributed by atoms with Crippen molar-refractivity contribution >= 4 is 0 Å². The van der Waals surface area contributed by atoms with Crippen LogP contribution in [0.3, 0.4) is 0 Å². The predicted molar refractivity (Wildman–Crippen MR) is 49.9 cm³/mol. The van der Waals surface area contributed by atoms with E-state index in [0.29, 0.717) is 0 Å². The second kappa shape index (κ2) is 3.41. The maximum absolute atomic E-state index is 9.08. The maximum Gasteiger partial charge on any atom is 0.0924 e. The summed E-state index contributed by atoms with van der Waals surface area (Å²) in [6, 6.07) is 9.56. The zero-order valence-corrected chi connectivity index (χ0v) is 7.07. The first-order chi connectivity index (χ1) is 6.42. The van der Waals surface area contributed by atoms with E-state index in [1.807, 2.05) is 30.3 Å². The highest BCUT2D eigenvalue weighted by Crippen LogP contribution is 2.20. The molecule has 2 aromatic rings. The number of aliphatic hydroxyl groups excluding tert-OH is 1. The number of aliphatic hydroxyl groups is 1. The van der Waals surface area contributed by atoms with Crippen LogP contribution in [0.4, 0.5) is 0 Å². The molecule has 1 heterocycles. The van der Waals surface area contributed by atoms with Gasteiger partial charge in [-0.05, 0) is 11.6 Å². The van der Waals surface area contributed by atoms with Crippen LogP contribution >= 0.6 is 0 Å². The molecule has 1 aromatic heterocycles. The summed E-state index contributed by atoms with van der Waals surface area (Å²) < 4.78 is 0. The zero-order valence-electron chi connectivity index (χ0n) is 7.07. The first-order valence-corrected chi connectivity index (χ1v) is 4.11. The minimum absolute atomic E-state index is 0.0447. The summed E-state index contributed by atoms with van der Waals surface area (Å²) in [7, 11) is 0. The molecule has 3 heteroatoms. The van der Waals surface area contributed by atoms with Gasteiger partial charge in [-0.1, -0.05) is 24.3 Å². The van der Waals surface area contributed by atoms with E-state index in [2.05, 4.69) is 10.2 Å². The smallest absolute Gasteiger partial charge is 0.0924 e. The Morgan fingerprint density at radius 3 is 2.77 bits per heavy atom. The van der Waals surface area contributed by atoms with Gasteiger partial charge in [0.1, 0.15) is 0 Å².